The van der Waals surface area contributed by atoms with E-state index in [1.807, 2.05) is 13.8 Å². The van der Waals surface area contributed by atoms with Gasteiger partial charge in [0, 0.05) is 25.2 Å². The molecule has 2 aromatic heterocycles. The molecule has 1 amide bonds. The molecule has 0 bridgehead atoms. The molecule has 10 nitrogen and oxygen atoms in total. The molecule has 1 saturated carbocycles. The van der Waals surface area contributed by atoms with Crippen LogP contribution in [0, 0.1) is 5.92 Å². The van der Waals surface area contributed by atoms with Gasteiger partial charge in [0.05, 0.1) is 13.2 Å². The maximum Gasteiger partial charge on any atom is 0.268 e. The molecule has 1 atom stereocenters. The fourth-order valence-electron chi connectivity index (χ4n) is 3.20. The molecule has 0 radical (unpaired) electrons. The fraction of sp³-hybridized carbons (Fsp3) is 0.611. The van der Waals surface area contributed by atoms with Crippen molar-refractivity contribution < 1.29 is 22.5 Å². The van der Waals surface area contributed by atoms with Crippen LogP contribution in [0.3, 0.4) is 0 Å². The van der Waals surface area contributed by atoms with Crippen molar-refractivity contribution in [3.05, 3.63) is 29.7 Å². The van der Waals surface area contributed by atoms with E-state index in [0.717, 1.165) is 12.8 Å². The summed E-state index contributed by atoms with van der Waals surface area (Å²) >= 11 is 0. The third-order valence-electron chi connectivity index (χ3n) is 5.13. The second-order valence-corrected chi connectivity index (χ2v) is 9.66. The number of carbonyl (C=O) groups is 1. The van der Waals surface area contributed by atoms with E-state index in [2.05, 4.69) is 20.4 Å². The lowest BCUT2D eigenvalue weighted by atomic mass is 10.0. The van der Waals surface area contributed by atoms with Crippen LogP contribution in [-0.4, -0.2) is 60.1 Å². The Morgan fingerprint density at radius 1 is 1.31 bits per heavy atom. The van der Waals surface area contributed by atoms with Crippen molar-refractivity contribution in [2.75, 3.05) is 26.3 Å². The monoisotopic (exact) mass is 423 g/mol. The smallest absolute Gasteiger partial charge is 0.268 e. The number of hydrogen-bond acceptors (Lipinski definition) is 7. The number of hydrogen-bond donors (Lipinski definition) is 2. The number of nitrogens with zero attached hydrogens (tertiary/aromatic N) is 3. The van der Waals surface area contributed by atoms with Crippen molar-refractivity contribution in [1.29, 1.82) is 0 Å². The number of aromatic nitrogens is 3. The van der Waals surface area contributed by atoms with E-state index in [1.165, 1.54) is 16.6 Å². The fourth-order valence-corrected chi connectivity index (χ4v) is 4.61. The van der Waals surface area contributed by atoms with Crippen molar-refractivity contribution in [3.8, 4) is 0 Å². The third-order valence-corrected chi connectivity index (χ3v) is 7.00. The lowest BCUT2D eigenvalue weighted by Gasteiger charge is -2.25. The van der Waals surface area contributed by atoms with Gasteiger partial charge in [0.25, 0.3) is 5.91 Å². The van der Waals surface area contributed by atoms with Crippen LogP contribution in [-0.2, 0) is 14.8 Å². The summed E-state index contributed by atoms with van der Waals surface area (Å²) in [6, 6.07) is 0.881. The first-order chi connectivity index (χ1) is 13.9. The third kappa shape index (κ3) is 4.21. The molecule has 2 aliphatic rings. The van der Waals surface area contributed by atoms with Crippen LogP contribution in [0.1, 0.15) is 60.9 Å². The zero-order valence-electron chi connectivity index (χ0n) is 16.4. The predicted molar refractivity (Wildman–Crippen MR) is 102 cm³/mol. The number of rotatable bonds is 7. The standard InChI is InChI=1S/C18H25N5O5S/c1-11(2)15(18-21-16(22-28-18)12-3-4-12)20-17(24)14-9-13(10-19-14)29(25,26)23-5-7-27-8-6-23/h9-12,15,19H,3-8H2,1-2H3,(H,20,24). The Morgan fingerprint density at radius 3 is 2.69 bits per heavy atom. The van der Waals surface area contributed by atoms with Crippen LogP contribution < -0.4 is 5.32 Å². The van der Waals surface area contributed by atoms with Gasteiger partial charge in [-0.15, -0.1) is 0 Å². The number of ether oxygens (including phenoxy) is 1. The summed E-state index contributed by atoms with van der Waals surface area (Å²) in [5.41, 5.74) is 0.157. The van der Waals surface area contributed by atoms with Gasteiger partial charge in [0.15, 0.2) is 5.82 Å². The Balaban J connectivity index is 1.48. The first-order valence-corrected chi connectivity index (χ1v) is 11.2. The number of aromatic amines is 1. The molecule has 1 saturated heterocycles. The van der Waals surface area contributed by atoms with Gasteiger partial charge >= 0.3 is 0 Å². The maximum absolute atomic E-state index is 12.7. The lowest BCUT2D eigenvalue weighted by molar-refractivity contribution is 0.0730. The molecule has 0 spiro atoms. The summed E-state index contributed by atoms with van der Waals surface area (Å²) in [5.74, 6) is 0.977. The average Bonchev–Trinajstić information content (AvgIpc) is 3.23. The van der Waals surface area contributed by atoms with Crippen LogP contribution in [0.2, 0.25) is 0 Å². The molecule has 4 rings (SSSR count). The van der Waals surface area contributed by atoms with Crippen molar-refractivity contribution in [2.45, 2.75) is 43.5 Å². The first kappa shape index (κ1) is 20.0. The topological polar surface area (TPSA) is 130 Å². The van der Waals surface area contributed by atoms with Gasteiger partial charge < -0.3 is 19.6 Å². The van der Waals surface area contributed by atoms with E-state index in [1.54, 1.807) is 0 Å². The lowest BCUT2D eigenvalue weighted by Crippen LogP contribution is -2.40. The van der Waals surface area contributed by atoms with Gasteiger partial charge in [-0.25, -0.2) is 8.42 Å². The van der Waals surface area contributed by atoms with Gasteiger partial charge in [-0.05, 0) is 24.8 Å². The van der Waals surface area contributed by atoms with Crippen molar-refractivity contribution in [2.24, 2.45) is 5.92 Å². The van der Waals surface area contributed by atoms with Crippen LogP contribution >= 0.6 is 0 Å². The van der Waals surface area contributed by atoms with Crippen LogP contribution in [0.5, 0.6) is 0 Å². The average molecular weight is 423 g/mol. The molecule has 1 unspecified atom stereocenters. The molecular formula is C18H25N5O5S. The molecular weight excluding hydrogens is 398 g/mol. The molecule has 29 heavy (non-hydrogen) atoms. The van der Waals surface area contributed by atoms with Gasteiger partial charge in [-0.2, -0.15) is 9.29 Å². The second-order valence-electron chi connectivity index (χ2n) is 7.73. The van der Waals surface area contributed by atoms with E-state index < -0.39 is 22.0 Å². The molecule has 0 aromatic carbocycles. The molecule has 158 valence electrons. The van der Waals surface area contributed by atoms with E-state index in [4.69, 9.17) is 9.26 Å². The highest BCUT2D eigenvalue weighted by Crippen LogP contribution is 2.38. The van der Waals surface area contributed by atoms with Crippen LogP contribution in [0.4, 0.5) is 0 Å². The SMILES string of the molecule is CC(C)C(NC(=O)c1cc(S(=O)(=O)N2CCOCC2)c[nH]1)c1nc(C2CC2)no1. The predicted octanol–water partition coefficient (Wildman–Crippen LogP) is 1.42. The van der Waals surface area contributed by atoms with Gasteiger partial charge in [-0.1, -0.05) is 19.0 Å². The highest BCUT2D eigenvalue weighted by molar-refractivity contribution is 7.89. The summed E-state index contributed by atoms with van der Waals surface area (Å²) in [7, 11) is -3.67. The Kier molecular flexibility index (Phi) is 5.45. The molecule has 2 aromatic rings. The van der Waals surface area contributed by atoms with Crippen molar-refractivity contribution in [3.63, 3.8) is 0 Å². The normalized spacial score (nSPS) is 19.4. The number of H-pyrrole nitrogens is 1. The summed E-state index contributed by atoms with van der Waals surface area (Å²) in [4.78, 5) is 20.0. The van der Waals surface area contributed by atoms with Crippen molar-refractivity contribution in [1.82, 2.24) is 24.7 Å². The highest BCUT2D eigenvalue weighted by atomic mass is 32.2. The van der Waals surface area contributed by atoms with Crippen molar-refractivity contribution >= 4 is 15.9 Å². The molecule has 1 aliphatic heterocycles. The minimum absolute atomic E-state index is 0.0120. The minimum atomic E-state index is -3.67. The quantitative estimate of drug-likeness (QED) is 0.689. The molecule has 2 N–H and O–H groups in total. The maximum atomic E-state index is 12.7. The summed E-state index contributed by atoms with van der Waals surface area (Å²) in [6.45, 7) is 5.19. The zero-order chi connectivity index (χ0) is 20.6. The molecule has 1 aliphatic carbocycles. The Bertz CT molecular complexity index is 972. The largest absolute Gasteiger partial charge is 0.379 e. The van der Waals surface area contributed by atoms with E-state index in [-0.39, 0.29) is 16.5 Å². The van der Waals surface area contributed by atoms with E-state index in [0.29, 0.717) is 43.9 Å². The second kappa shape index (κ2) is 7.88. The van der Waals surface area contributed by atoms with E-state index >= 15 is 0 Å². The van der Waals surface area contributed by atoms with Crippen LogP contribution in [0.25, 0.3) is 0 Å². The number of amides is 1. The number of nitrogens with one attached hydrogen (secondary N) is 2. The number of carbonyl (C=O) groups excluding carboxylic acids is 1. The van der Waals surface area contributed by atoms with Crippen LogP contribution in [0.15, 0.2) is 21.7 Å². The Labute approximate surface area is 169 Å². The Hall–Kier alpha value is -2.24. The first-order valence-electron chi connectivity index (χ1n) is 9.77. The summed E-state index contributed by atoms with van der Waals surface area (Å²) in [6.07, 6.45) is 3.45. The summed E-state index contributed by atoms with van der Waals surface area (Å²) in [5, 5.41) is 6.88. The van der Waals surface area contributed by atoms with Gasteiger partial charge in [0.2, 0.25) is 15.9 Å². The molecule has 3 heterocycles. The van der Waals surface area contributed by atoms with Gasteiger partial charge in [-0.3, -0.25) is 4.79 Å². The Morgan fingerprint density at radius 2 is 2.03 bits per heavy atom. The number of sulfonamides is 1. The highest BCUT2D eigenvalue weighted by Gasteiger charge is 2.32. The molecule has 2 fully saturated rings. The van der Waals surface area contributed by atoms with E-state index in [9.17, 15) is 13.2 Å². The van der Waals surface area contributed by atoms with Gasteiger partial charge in [0.1, 0.15) is 16.6 Å². The minimum Gasteiger partial charge on any atom is -0.379 e. The molecule has 11 heteroatoms. The zero-order valence-corrected chi connectivity index (χ0v) is 17.2. The number of morpholine rings is 1. The summed E-state index contributed by atoms with van der Waals surface area (Å²) < 4.78 is 37.4.